The Kier molecular flexibility index (Phi) is 5.16. The third-order valence-corrected chi connectivity index (χ3v) is 5.02. The number of aromatic carboxylic acids is 1. The summed E-state index contributed by atoms with van der Waals surface area (Å²) in [6.07, 6.45) is 0. The van der Waals surface area contributed by atoms with E-state index in [1.807, 2.05) is 42.5 Å². The highest BCUT2D eigenvalue weighted by Crippen LogP contribution is 2.35. The monoisotopic (exact) mass is 463 g/mol. The number of hydrogen-bond donors (Lipinski definition) is 1. The molecular formula is C22H14BrN3O4. The number of nitro benzene ring substituents is 1. The number of carboxylic acids is 1. The topological polar surface area (TPSA) is 98.3 Å². The molecule has 0 spiro atoms. The van der Waals surface area contributed by atoms with Crippen molar-refractivity contribution in [3.05, 3.63) is 99.0 Å². The Hall–Kier alpha value is -3.78. The summed E-state index contributed by atoms with van der Waals surface area (Å²) < 4.78 is 2.36. The lowest BCUT2D eigenvalue weighted by atomic mass is 10.0. The lowest BCUT2D eigenvalue weighted by Gasteiger charge is -2.09. The van der Waals surface area contributed by atoms with Gasteiger partial charge in [0.1, 0.15) is 11.3 Å². The number of carbonyl (C=O) groups is 1. The lowest BCUT2D eigenvalue weighted by Crippen LogP contribution is -2.03. The van der Waals surface area contributed by atoms with Crippen LogP contribution >= 0.6 is 15.9 Å². The molecule has 0 fully saturated rings. The summed E-state index contributed by atoms with van der Waals surface area (Å²) in [5, 5.41) is 25.9. The van der Waals surface area contributed by atoms with E-state index >= 15 is 0 Å². The maximum absolute atomic E-state index is 12.3. The van der Waals surface area contributed by atoms with E-state index < -0.39 is 10.9 Å². The molecule has 3 aromatic carbocycles. The summed E-state index contributed by atoms with van der Waals surface area (Å²) in [5.41, 5.74) is 2.06. The summed E-state index contributed by atoms with van der Waals surface area (Å²) in [6, 6.07) is 22.2. The van der Waals surface area contributed by atoms with Crippen LogP contribution in [-0.4, -0.2) is 25.8 Å². The summed E-state index contributed by atoms with van der Waals surface area (Å²) in [5.74, 6) is -1.17. The molecule has 0 saturated carbocycles. The highest BCUT2D eigenvalue weighted by Gasteiger charge is 2.27. The Labute approximate surface area is 179 Å². The Morgan fingerprint density at radius 3 is 2.33 bits per heavy atom. The molecule has 148 valence electrons. The number of hydrogen-bond acceptors (Lipinski definition) is 4. The van der Waals surface area contributed by atoms with Crippen LogP contribution in [0.25, 0.3) is 28.2 Å². The molecule has 4 rings (SSSR count). The molecule has 1 N–H and O–H groups in total. The highest BCUT2D eigenvalue weighted by molar-refractivity contribution is 9.10. The van der Waals surface area contributed by atoms with Crippen molar-refractivity contribution in [2.24, 2.45) is 0 Å². The predicted molar refractivity (Wildman–Crippen MR) is 116 cm³/mol. The van der Waals surface area contributed by atoms with Gasteiger partial charge in [0.25, 0.3) is 5.69 Å². The molecular weight excluding hydrogens is 450 g/mol. The molecule has 30 heavy (non-hydrogen) atoms. The fraction of sp³-hybridized carbons (Fsp3) is 0. The molecule has 1 aromatic heterocycles. The quantitative estimate of drug-likeness (QED) is 0.307. The number of nitro groups is 1. The van der Waals surface area contributed by atoms with Crippen molar-refractivity contribution in [1.82, 2.24) is 9.78 Å². The van der Waals surface area contributed by atoms with E-state index in [1.54, 1.807) is 22.9 Å². The van der Waals surface area contributed by atoms with Gasteiger partial charge in [-0.25, -0.2) is 9.48 Å². The van der Waals surface area contributed by atoms with E-state index in [4.69, 9.17) is 0 Å². The molecule has 0 saturated heterocycles. The number of carboxylic acid groups (broad SMARTS) is 1. The van der Waals surface area contributed by atoms with Gasteiger partial charge in [-0.3, -0.25) is 10.1 Å². The molecule has 0 aliphatic rings. The largest absolute Gasteiger partial charge is 0.478 e. The first kappa shape index (κ1) is 19.5. The second-order valence-corrected chi connectivity index (χ2v) is 7.36. The fourth-order valence-corrected chi connectivity index (χ4v) is 3.63. The van der Waals surface area contributed by atoms with Crippen LogP contribution in [-0.2, 0) is 0 Å². The van der Waals surface area contributed by atoms with Crippen molar-refractivity contribution in [2.75, 3.05) is 0 Å². The normalized spacial score (nSPS) is 10.7. The molecule has 0 bridgehead atoms. The van der Waals surface area contributed by atoms with Gasteiger partial charge >= 0.3 is 5.97 Å². The fourth-order valence-electron chi connectivity index (χ4n) is 3.25. The van der Waals surface area contributed by atoms with E-state index in [0.29, 0.717) is 22.5 Å². The zero-order valence-electron chi connectivity index (χ0n) is 15.4. The van der Waals surface area contributed by atoms with Crippen molar-refractivity contribution < 1.29 is 14.8 Å². The SMILES string of the molecule is O=C(O)c1c(-c2cccc([N+](=O)[O-])c2)nn(-c2cccc(Br)c2)c1-c1ccccc1. The first-order valence-electron chi connectivity index (χ1n) is 8.88. The van der Waals surface area contributed by atoms with Crippen LogP contribution in [0.1, 0.15) is 10.4 Å². The molecule has 4 aromatic rings. The van der Waals surface area contributed by atoms with Gasteiger partial charge in [0.2, 0.25) is 0 Å². The summed E-state index contributed by atoms with van der Waals surface area (Å²) >= 11 is 3.43. The second kappa shape index (κ2) is 7.92. The van der Waals surface area contributed by atoms with Gasteiger partial charge in [0.15, 0.2) is 0 Å². The summed E-state index contributed by atoms with van der Waals surface area (Å²) in [4.78, 5) is 23.0. The average molecular weight is 464 g/mol. The minimum Gasteiger partial charge on any atom is -0.478 e. The minimum absolute atomic E-state index is 0.0262. The number of aromatic nitrogens is 2. The maximum Gasteiger partial charge on any atom is 0.340 e. The number of non-ortho nitro benzene ring substituents is 1. The van der Waals surface area contributed by atoms with Crippen LogP contribution in [0.5, 0.6) is 0 Å². The summed E-state index contributed by atoms with van der Waals surface area (Å²) in [7, 11) is 0. The Bertz CT molecular complexity index is 1270. The third-order valence-electron chi connectivity index (χ3n) is 4.53. The zero-order valence-corrected chi connectivity index (χ0v) is 17.0. The lowest BCUT2D eigenvalue weighted by molar-refractivity contribution is -0.384. The van der Waals surface area contributed by atoms with E-state index in [1.165, 1.54) is 18.2 Å². The predicted octanol–water partition coefficient (Wildman–Crippen LogP) is 5.58. The maximum atomic E-state index is 12.3. The standard InChI is InChI=1S/C22H14BrN3O4/c23-16-9-5-10-17(13-16)25-21(14-6-2-1-3-7-14)19(22(27)28)20(24-25)15-8-4-11-18(12-15)26(29)30/h1-13H,(H,27,28). The first-order chi connectivity index (χ1) is 14.5. The number of benzene rings is 3. The molecule has 0 aliphatic heterocycles. The molecule has 0 amide bonds. The van der Waals surface area contributed by atoms with Gasteiger partial charge in [-0.05, 0) is 18.2 Å². The van der Waals surface area contributed by atoms with Crippen LogP contribution in [0.3, 0.4) is 0 Å². The number of rotatable bonds is 5. The van der Waals surface area contributed by atoms with Crippen LogP contribution in [0.15, 0.2) is 83.3 Å². The van der Waals surface area contributed by atoms with Crippen LogP contribution in [0.4, 0.5) is 5.69 Å². The average Bonchev–Trinajstić information content (AvgIpc) is 3.15. The van der Waals surface area contributed by atoms with E-state index in [-0.39, 0.29) is 16.9 Å². The molecule has 0 aliphatic carbocycles. The van der Waals surface area contributed by atoms with Gasteiger partial charge in [0, 0.05) is 27.7 Å². The van der Waals surface area contributed by atoms with Crippen molar-refractivity contribution in [1.29, 1.82) is 0 Å². The molecule has 1 heterocycles. The molecule has 7 nitrogen and oxygen atoms in total. The number of halogens is 1. The minimum atomic E-state index is -1.17. The zero-order chi connectivity index (χ0) is 21.3. The van der Waals surface area contributed by atoms with Gasteiger partial charge < -0.3 is 5.11 Å². The van der Waals surface area contributed by atoms with E-state index in [0.717, 1.165) is 4.47 Å². The van der Waals surface area contributed by atoms with Crippen molar-refractivity contribution in [3.8, 4) is 28.2 Å². The van der Waals surface area contributed by atoms with Crippen molar-refractivity contribution >= 4 is 27.6 Å². The van der Waals surface area contributed by atoms with E-state index in [9.17, 15) is 20.0 Å². The van der Waals surface area contributed by atoms with Gasteiger partial charge in [-0.1, -0.05) is 64.5 Å². The van der Waals surface area contributed by atoms with Crippen molar-refractivity contribution in [2.45, 2.75) is 0 Å². The second-order valence-electron chi connectivity index (χ2n) is 6.44. The summed E-state index contributed by atoms with van der Waals surface area (Å²) in [6.45, 7) is 0. The van der Waals surface area contributed by atoms with Crippen molar-refractivity contribution in [3.63, 3.8) is 0 Å². The van der Waals surface area contributed by atoms with Crippen LogP contribution < -0.4 is 0 Å². The Morgan fingerprint density at radius 1 is 0.967 bits per heavy atom. The van der Waals surface area contributed by atoms with Gasteiger partial charge in [-0.2, -0.15) is 5.10 Å². The van der Waals surface area contributed by atoms with Gasteiger partial charge in [0.05, 0.1) is 16.3 Å². The van der Waals surface area contributed by atoms with Crippen LogP contribution in [0, 0.1) is 10.1 Å². The molecule has 0 radical (unpaired) electrons. The third kappa shape index (κ3) is 3.60. The van der Waals surface area contributed by atoms with Crippen LogP contribution in [0.2, 0.25) is 0 Å². The molecule has 8 heteroatoms. The Morgan fingerprint density at radius 2 is 1.67 bits per heavy atom. The smallest absolute Gasteiger partial charge is 0.340 e. The van der Waals surface area contributed by atoms with E-state index in [2.05, 4.69) is 21.0 Å². The Balaban J connectivity index is 2.06. The number of nitrogens with zero attached hydrogens (tertiary/aromatic N) is 3. The molecule has 0 unspecified atom stereocenters. The first-order valence-corrected chi connectivity index (χ1v) is 9.67. The molecule has 0 atom stereocenters. The highest BCUT2D eigenvalue weighted by atomic mass is 79.9. The van der Waals surface area contributed by atoms with Gasteiger partial charge in [-0.15, -0.1) is 0 Å².